The fourth-order valence-corrected chi connectivity index (χ4v) is 4.35. The molecule has 2 aliphatic rings. The normalized spacial score (nSPS) is 22.9. The Morgan fingerprint density at radius 3 is 2.40 bits per heavy atom. The monoisotopic (exact) mass is 338 g/mol. The summed E-state index contributed by atoms with van der Waals surface area (Å²) in [6, 6.07) is 17.1. The lowest BCUT2D eigenvalue weighted by Gasteiger charge is -2.43. The summed E-state index contributed by atoms with van der Waals surface area (Å²) in [5.74, 6) is 0.232. The van der Waals surface area contributed by atoms with E-state index in [1.54, 1.807) is 0 Å². The number of halogens is 1. The Hall–Kier alpha value is -2.20. The molecule has 0 bridgehead atoms. The Bertz CT molecular complexity index is 736. The number of carbonyl (C=O) groups excluding carboxylic acids is 1. The van der Waals surface area contributed by atoms with Crippen molar-refractivity contribution in [1.82, 2.24) is 10.2 Å². The van der Waals surface area contributed by atoms with E-state index in [1.807, 2.05) is 18.2 Å². The van der Waals surface area contributed by atoms with Crippen LogP contribution in [0.3, 0.4) is 0 Å². The van der Waals surface area contributed by atoms with Gasteiger partial charge in [-0.15, -0.1) is 0 Å². The highest BCUT2D eigenvalue weighted by Gasteiger charge is 2.48. The molecule has 2 aromatic rings. The Morgan fingerprint density at radius 2 is 1.72 bits per heavy atom. The van der Waals surface area contributed by atoms with Crippen LogP contribution < -0.4 is 5.32 Å². The van der Waals surface area contributed by atoms with Crippen LogP contribution in [0.15, 0.2) is 54.6 Å². The number of hydrogen-bond donors (Lipinski definition) is 1. The number of nitrogens with one attached hydrogen (secondary N) is 1. The Kier molecular flexibility index (Phi) is 4.30. The zero-order chi connectivity index (χ0) is 17.3. The molecule has 0 aromatic heterocycles. The number of likely N-dealkylation sites (tertiary alicyclic amines) is 1. The van der Waals surface area contributed by atoms with E-state index in [-0.39, 0.29) is 23.2 Å². The molecule has 130 valence electrons. The predicted molar refractivity (Wildman–Crippen MR) is 95.6 cm³/mol. The molecule has 0 saturated carbocycles. The van der Waals surface area contributed by atoms with Crippen molar-refractivity contribution in [3.63, 3.8) is 0 Å². The molecule has 3 nitrogen and oxygen atoms in total. The van der Waals surface area contributed by atoms with E-state index >= 15 is 0 Å². The van der Waals surface area contributed by atoms with Crippen molar-refractivity contribution in [3.8, 4) is 0 Å². The maximum absolute atomic E-state index is 13.1. The summed E-state index contributed by atoms with van der Waals surface area (Å²) in [4.78, 5) is 14.5. The van der Waals surface area contributed by atoms with Crippen molar-refractivity contribution in [2.24, 2.45) is 0 Å². The number of rotatable bonds is 3. The minimum atomic E-state index is -0.194. The summed E-state index contributed by atoms with van der Waals surface area (Å²) in [7, 11) is 0. The molecule has 1 N–H and O–H groups in total. The van der Waals surface area contributed by atoms with E-state index in [4.69, 9.17) is 0 Å². The van der Waals surface area contributed by atoms with E-state index in [9.17, 15) is 9.18 Å². The topological polar surface area (TPSA) is 32.3 Å². The Balaban J connectivity index is 1.45. The first kappa shape index (κ1) is 16.3. The van der Waals surface area contributed by atoms with Gasteiger partial charge in [0.25, 0.3) is 0 Å². The van der Waals surface area contributed by atoms with Gasteiger partial charge in [0.05, 0.1) is 0 Å². The van der Waals surface area contributed by atoms with Gasteiger partial charge in [-0.05, 0) is 36.1 Å². The van der Waals surface area contributed by atoms with Crippen molar-refractivity contribution >= 4 is 5.91 Å². The van der Waals surface area contributed by atoms with Crippen molar-refractivity contribution in [2.75, 3.05) is 13.1 Å². The summed E-state index contributed by atoms with van der Waals surface area (Å²) >= 11 is 0. The molecule has 4 rings (SSSR count). The number of nitrogens with zero attached hydrogens (tertiary/aromatic N) is 1. The molecule has 2 fully saturated rings. The van der Waals surface area contributed by atoms with Crippen LogP contribution in [0, 0.1) is 5.82 Å². The summed E-state index contributed by atoms with van der Waals surface area (Å²) in [6.07, 6.45) is 2.50. The number of piperidine rings is 1. The highest BCUT2D eigenvalue weighted by Crippen LogP contribution is 2.43. The van der Waals surface area contributed by atoms with Crippen LogP contribution in [0.1, 0.15) is 36.3 Å². The lowest BCUT2D eigenvalue weighted by atomic mass is 9.74. The molecule has 4 heteroatoms. The number of amides is 1. The molecule has 0 aliphatic carbocycles. The average Bonchev–Trinajstić information content (AvgIpc) is 2.96. The Labute approximate surface area is 147 Å². The standard InChI is InChI=1S/C21H23FN2O/c22-18-8-6-16(7-9-18)15-24-12-10-21(11-13-24)19(14-20(25)23-21)17-4-2-1-3-5-17/h1-9,19H,10-15H2,(H,23,25). The third-order valence-electron chi connectivity index (χ3n) is 5.71. The fourth-order valence-electron chi connectivity index (χ4n) is 4.35. The molecule has 1 spiro atoms. The first-order chi connectivity index (χ1) is 12.1. The van der Waals surface area contributed by atoms with Crippen LogP contribution in [0.5, 0.6) is 0 Å². The number of benzene rings is 2. The van der Waals surface area contributed by atoms with E-state index in [0.717, 1.165) is 38.0 Å². The van der Waals surface area contributed by atoms with E-state index in [2.05, 4.69) is 34.5 Å². The molecule has 2 saturated heterocycles. The first-order valence-electron chi connectivity index (χ1n) is 8.97. The predicted octanol–water partition coefficient (Wildman–Crippen LogP) is 3.46. The smallest absolute Gasteiger partial charge is 0.221 e. The van der Waals surface area contributed by atoms with E-state index in [1.165, 1.54) is 17.7 Å². The van der Waals surface area contributed by atoms with Gasteiger partial charge in [-0.25, -0.2) is 4.39 Å². The summed E-state index contributed by atoms with van der Waals surface area (Å²) in [5, 5.41) is 3.29. The van der Waals surface area contributed by atoms with Crippen molar-refractivity contribution in [2.45, 2.75) is 37.3 Å². The van der Waals surface area contributed by atoms with Gasteiger partial charge in [-0.2, -0.15) is 0 Å². The molecule has 1 amide bonds. The second-order valence-corrected chi connectivity index (χ2v) is 7.27. The van der Waals surface area contributed by atoms with Gasteiger partial charge >= 0.3 is 0 Å². The molecule has 2 heterocycles. The van der Waals surface area contributed by atoms with Gasteiger partial charge in [0.2, 0.25) is 5.91 Å². The fraction of sp³-hybridized carbons (Fsp3) is 0.381. The molecular formula is C21H23FN2O. The zero-order valence-corrected chi connectivity index (χ0v) is 14.2. The molecule has 2 aliphatic heterocycles. The third-order valence-corrected chi connectivity index (χ3v) is 5.71. The van der Waals surface area contributed by atoms with Gasteiger partial charge in [0.1, 0.15) is 5.82 Å². The first-order valence-corrected chi connectivity index (χ1v) is 8.97. The minimum absolute atomic E-state index is 0.113. The van der Waals surface area contributed by atoms with Gasteiger partial charge in [0.15, 0.2) is 0 Å². The second kappa shape index (κ2) is 6.60. The maximum atomic E-state index is 13.1. The SMILES string of the molecule is O=C1CC(c2ccccc2)C2(CCN(Cc3ccc(F)cc3)CC2)N1. The minimum Gasteiger partial charge on any atom is -0.350 e. The Morgan fingerprint density at radius 1 is 1.04 bits per heavy atom. The third kappa shape index (κ3) is 3.31. The van der Waals surface area contributed by atoms with Gasteiger partial charge in [-0.1, -0.05) is 42.5 Å². The van der Waals surface area contributed by atoms with Crippen molar-refractivity contribution < 1.29 is 9.18 Å². The quantitative estimate of drug-likeness (QED) is 0.929. The van der Waals surface area contributed by atoms with E-state index in [0.29, 0.717) is 6.42 Å². The average molecular weight is 338 g/mol. The summed E-state index contributed by atoms with van der Waals surface area (Å²) in [6.45, 7) is 2.72. The highest BCUT2D eigenvalue weighted by atomic mass is 19.1. The van der Waals surface area contributed by atoms with Crippen LogP contribution >= 0.6 is 0 Å². The summed E-state index contributed by atoms with van der Waals surface area (Å²) < 4.78 is 13.1. The second-order valence-electron chi connectivity index (χ2n) is 7.27. The van der Waals surface area contributed by atoms with Gasteiger partial charge < -0.3 is 5.32 Å². The maximum Gasteiger partial charge on any atom is 0.221 e. The van der Waals surface area contributed by atoms with Gasteiger partial charge in [-0.3, -0.25) is 9.69 Å². The van der Waals surface area contributed by atoms with Crippen LogP contribution in [-0.2, 0) is 11.3 Å². The number of hydrogen-bond acceptors (Lipinski definition) is 2. The van der Waals surface area contributed by atoms with Crippen LogP contribution in [0.2, 0.25) is 0 Å². The lowest BCUT2D eigenvalue weighted by Crippen LogP contribution is -2.53. The molecule has 2 aromatic carbocycles. The zero-order valence-electron chi connectivity index (χ0n) is 14.2. The molecule has 25 heavy (non-hydrogen) atoms. The van der Waals surface area contributed by atoms with Gasteiger partial charge in [0, 0.05) is 37.5 Å². The molecule has 1 atom stereocenters. The van der Waals surface area contributed by atoms with Crippen LogP contribution in [-0.4, -0.2) is 29.4 Å². The van der Waals surface area contributed by atoms with Crippen molar-refractivity contribution in [1.29, 1.82) is 0 Å². The van der Waals surface area contributed by atoms with Crippen molar-refractivity contribution in [3.05, 3.63) is 71.5 Å². The summed E-state index contributed by atoms with van der Waals surface area (Å²) in [5.41, 5.74) is 2.28. The molecular weight excluding hydrogens is 315 g/mol. The highest BCUT2D eigenvalue weighted by molar-refractivity contribution is 5.81. The molecule has 1 unspecified atom stereocenters. The van der Waals surface area contributed by atoms with Crippen LogP contribution in [0.4, 0.5) is 4.39 Å². The largest absolute Gasteiger partial charge is 0.350 e. The number of carbonyl (C=O) groups is 1. The molecule has 0 radical (unpaired) electrons. The van der Waals surface area contributed by atoms with Crippen LogP contribution in [0.25, 0.3) is 0 Å². The lowest BCUT2D eigenvalue weighted by molar-refractivity contribution is -0.120. The van der Waals surface area contributed by atoms with E-state index < -0.39 is 0 Å².